The molecule has 0 aliphatic heterocycles. The third-order valence-electron chi connectivity index (χ3n) is 2.41. The molecule has 0 radical (unpaired) electrons. The van der Waals surface area contributed by atoms with Gasteiger partial charge < -0.3 is 10.8 Å². The summed E-state index contributed by atoms with van der Waals surface area (Å²) in [5, 5.41) is 11.5. The average Bonchev–Trinajstić information content (AvgIpc) is 2.44. The Morgan fingerprint density at radius 1 is 1.05 bits per heavy atom. The molecule has 2 aromatic rings. The van der Waals surface area contributed by atoms with Crippen molar-refractivity contribution in [3.63, 3.8) is 0 Å². The van der Waals surface area contributed by atoms with E-state index in [2.05, 4.69) is 4.98 Å². The van der Waals surface area contributed by atoms with Crippen LogP contribution in [0.1, 0.15) is 19.4 Å². The van der Waals surface area contributed by atoms with Crippen LogP contribution in [0.4, 0.5) is 5.69 Å². The van der Waals surface area contributed by atoms with E-state index in [4.69, 9.17) is 28.9 Å². The van der Waals surface area contributed by atoms with Crippen LogP contribution in [-0.4, -0.2) is 4.98 Å². The normalized spacial score (nSPS) is 9.25. The molecule has 0 fully saturated rings. The molecule has 0 aliphatic rings. The fraction of sp³-hybridized carbons (Fsp3) is 0.214. The number of benzene rings is 1. The van der Waals surface area contributed by atoms with Gasteiger partial charge >= 0.3 is 51.4 Å². The van der Waals surface area contributed by atoms with Gasteiger partial charge in [-0.2, -0.15) is 0 Å². The van der Waals surface area contributed by atoms with Gasteiger partial charge in [0, 0.05) is 11.4 Å². The van der Waals surface area contributed by atoms with Crippen LogP contribution in [0.2, 0.25) is 10.0 Å². The van der Waals surface area contributed by atoms with Gasteiger partial charge in [0.1, 0.15) is 0 Å². The molecule has 20 heavy (non-hydrogen) atoms. The van der Waals surface area contributed by atoms with Gasteiger partial charge in [-0.25, -0.2) is 0 Å². The van der Waals surface area contributed by atoms with Crippen LogP contribution in [0.3, 0.4) is 0 Å². The van der Waals surface area contributed by atoms with E-state index in [1.165, 1.54) is 0 Å². The van der Waals surface area contributed by atoms with Gasteiger partial charge in [-0.05, 0) is 6.92 Å². The number of halogens is 2. The van der Waals surface area contributed by atoms with Crippen molar-refractivity contribution in [2.24, 2.45) is 0 Å². The van der Waals surface area contributed by atoms with Gasteiger partial charge in [0.15, 0.2) is 0 Å². The third-order valence-corrected chi connectivity index (χ3v) is 3.15. The molecule has 3 nitrogen and oxygen atoms in total. The van der Waals surface area contributed by atoms with Crippen LogP contribution in [-0.2, 0) is 0 Å². The maximum Gasteiger partial charge on any atom is 1.00 e. The van der Waals surface area contributed by atoms with Crippen molar-refractivity contribution in [2.75, 3.05) is 5.73 Å². The zero-order chi connectivity index (χ0) is 14.6. The van der Waals surface area contributed by atoms with Crippen LogP contribution in [0.15, 0.2) is 24.3 Å². The average molecular weight is 337 g/mol. The number of nitrogens with zero attached hydrogens (tertiary/aromatic N) is 1. The minimum atomic E-state index is -0.566. The fourth-order valence-electron chi connectivity index (χ4n) is 1.44. The zero-order valence-electron chi connectivity index (χ0n) is 12.0. The van der Waals surface area contributed by atoms with Gasteiger partial charge in [-0.1, -0.05) is 66.9 Å². The van der Waals surface area contributed by atoms with Crippen LogP contribution < -0.4 is 62.2 Å². The number of aromatic nitrogens is 1. The van der Waals surface area contributed by atoms with E-state index in [0.29, 0.717) is 5.69 Å². The molecular weight excluding hydrogens is 322 g/mol. The monoisotopic (exact) mass is 336 g/mol. The Morgan fingerprint density at radius 3 is 2.05 bits per heavy atom. The standard InChI is InChI=1S/C12H10Cl2N2O.C2H6.K/c1-6-2-4-7(5-3-6)11-8(13)10(15)9(14)12(17)16-11;1-2;/h2-5H,1H3,(H3,15,16,17);1-2H3;/q;;+1/p-1. The molecule has 0 amide bonds. The van der Waals surface area contributed by atoms with Gasteiger partial charge in [-0.3, -0.25) is 4.98 Å². The molecule has 0 spiro atoms. The second-order valence-corrected chi connectivity index (χ2v) is 4.43. The number of nitrogen functional groups attached to an aromatic ring is 1. The molecule has 1 aromatic carbocycles. The molecule has 1 heterocycles. The van der Waals surface area contributed by atoms with Crippen molar-refractivity contribution < 1.29 is 56.5 Å². The van der Waals surface area contributed by atoms with Crippen molar-refractivity contribution >= 4 is 28.9 Å². The summed E-state index contributed by atoms with van der Waals surface area (Å²) in [4.78, 5) is 3.83. The predicted octanol–water partition coefficient (Wildman–Crippen LogP) is 1.05. The first-order chi connectivity index (χ1) is 9.00. The third kappa shape index (κ3) is 4.60. The van der Waals surface area contributed by atoms with E-state index in [0.717, 1.165) is 11.1 Å². The maximum atomic E-state index is 11.5. The van der Waals surface area contributed by atoms with Crippen LogP contribution in [0, 0.1) is 6.92 Å². The molecule has 102 valence electrons. The summed E-state index contributed by atoms with van der Waals surface area (Å²) in [6, 6.07) is 7.47. The van der Waals surface area contributed by atoms with E-state index < -0.39 is 5.88 Å². The smallest absolute Gasteiger partial charge is 0.858 e. The number of pyridine rings is 1. The summed E-state index contributed by atoms with van der Waals surface area (Å²) in [5.74, 6) is -0.566. The molecule has 0 unspecified atom stereocenters. The second kappa shape index (κ2) is 9.25. The van der Waals surface area contributed by atoms with Crippen molar-refractivity contribution in [2.45, 2.75) is 20.8 Å². The second-order valence-electron chi connectivity index (χ2n) is 3.67. The fourth-order valence-corrected chi connectivity index (χ4v) is 1.87. The van der Waals surface area contributed by atoms with Crippen molar-refractivity contribution in [1.82, 2.24) is 4.98 Å². The van der Waals surface area contributed by atoms with Gasteiger partial charge in [0.2, 0.25) is 0 Å². The Bertz CT molecular complexity index is 574. The van der Waals surface area contributed by atoms with Crippen molar-refractivity contribution in [1.29, 1.82) is 0 Å². The number of anilines is 1. The molecule has 0 saturated heterocycles. The summed E-state index contributed by atoms with van der Waals surface area (Å²) >= 11 is 11.7. The summed E-state index contributed by atoms with van der Waals surface area (Å²) in [6.45, 7) is 5.97. The van der Waals surface area contributed by atoms with E-state index in [9.17, 15) is 5.11 Å². The van der Waals surface area contributed by atoms with Crippen molar-refractivity contribution in [3.8, 4) is 17.1 Å². The largest absolute Gasteiger partial charge is 1.00 e. The molecule has 1 aromatic heterocycles. The number of aryl methyl sites for hydroxylation is 1. The first kappa shape index (κ1) is 20.2. The van der Waals surface area contributed by atoms with Crippen LogP contribution in [0.5, 0.6) is 5.88 Å². The number of hydrogen-bond acceptors (Lipinski definition) is 3. The van der Waals surface area contributed by atoms with Gasteiger partial charge in [-0.15, -0.1) is 0 Å². The molecule has 0 aliphatic carbocycles. The summed E-state index contributed by atoms with van der Waals surface area (Å²) < 4.78 is 0. The first-order valence-corrected chi connectivity index (χ1v) is 6.65. The summed E-state index contributed by atoms with van der Waals surface area (Å²) in [6.07, 6.45) is 0. The Labute approximate surface area is 171 Å². The predicted molar refractivity (Wildman–Crippen MR) is 79.6 cm³/mol. The molecule has 0 atom stereocenters. The quantitative estimate of drug-likeness (QED) is 0.792. The summed E-state index contributed by atoms with van der Waals surface area (Å²) in [7, 11) is 0. The minimum absolute atomic E-state index is 0. The number of hydrogen-bond donors (Lipinski definition) is 1. The van der Waals surface area contributed by atoms with Crippen LogP contribution >= 0.6 is 23.2 Å². The van der Waals surface area contributed by atoms with E-state index in [1.54, 1.807) is 0 Å². The molecule has 0 bridgehead atoms. The zero-order valence-corrected chi connectivity index (χ0v) is 16.6. The number of nitrogens with two attached hydrogens (primary N) is 1. The van der Waals surface area contributed by atoms with E-state index >= 15 is 0 Å². The Hall–Kier alpha value is 0.186. The van der Waals surface area contributed by atoms with Crippen LogP contribution in [0.25, 0.3) is 11.3 Å². The van der Waals surface area contributed by atoms with Crippen molar-refractivity contribution in [3.05, 3.63) is 39.9 Å². The van der Waals surface area contributed by atoms with E-state index in [1.807, 2.05) is 45.0 Å². The Kier molecular flexibility index (Phi) is 9.34. The van der Waals surface area contributed by atoms with E-state index in [-0.39, 0.29) is 67.1 Å². The molecule has 2 N–H and O–H groups in total. The molecule has 0 saturated carbocycles. The molecule has 2 rings (SSSR count). The first-order valence-electron chi connectivity index (χ1n) is 5.89. The topological polar surface area (TPSA) is 62.0 Å². The Balaban J connectivity index is 0.00000115. The number of rotatable bonds is 1. The van der Waals surface area contributed by atoms with Gasteiger partial charge in [0.25, 0.3) is 0 Å². The van der Waals surface area contributed by atoms with Gasteiger partial charge in [0.05, 0.1) is 21.4 Å². The summed E-state index contributed by atoms with van der Waals surface area (Å²) in [5.41, 5.74) is 7.92. The molecule has 6 heteroatoms. The maximum absolute atomic E-state index is 11.5. The Morgan fingerprint density at radius 2 is 1.55 bits per heavy atom. The SMILES string of the molecule is CC.Cc1ccc(-c2nc([O-])c(Cl)c(N)c2Cl)cc1.[K+]. The minimum Gasteiger partial charge on any atom is -0.858 e. The molecular formula is C14H15Cl2KN2O.